The molecule has 2 rings (SSSR count). The summed E-state index contributed by atoms with van der Waals surface area (Å²) in [6, 6.07) is 0.779. The molecule has 0 aliphatic carbocycles. The zero-order valence-electron chi connectivity index (χ0n) is 8.97. The maximum absolute atomic E-state index is 3.70. The van der Waals surface area contributed by atoms with Crippen LogP contribution in [0, 0.1) is 0 Å². The van der Waals surface area contributed by atoms with E-state index in [1.165, 1.54) is 45.3 Å². The smallest absolute Gasteiger partial charge is 0.0321 e. The lowest BCUT2D eigenvalue weighted by molar-refractivity contribution is 0.230. The van der Waals surface area contributed by atoms with Crippen LogP contribution in [0.3, 0.4) is 0 Å². The third kappa shape index (κ3) is 1.75. The first kappa shape index (κ1) is 9.47. The molecule has 0 saturated carbocycles. The molecule has 0 aromatic rings. The molecule has 0 aromatic carbocycles. The topological polar surface area (TPSA) is 15.3 Å². The van der Waals surface area contributed by atoms with Crippen molar-refractivity contribution in [2.24, 2.45) is 0 Å². The Balaban J connectivity index is 1.93. The molecule has 2 heterocycles. The lowest BCUT2D eigenvalue weighted by atomic mass is 9.97. The van der Waals surface area contributed by atoms with Gasteiger partial charge in [-0.2, -0.15) is 0 Å². The molecule has 0 aromatic heterocycles. The number of rotatable bonds is 2. The lowest BCUT2D eigenvalue weighted by Gasteiger charge is -2.27. The van der Waals surface area contributed by atoms with Crippen LogP contribution in [0.1, 0.15) is 39.5 Å². The predicted molar refractivity (Wildman–Crippen MR) is 55.9 cm³/mol. The molecule has 0 amide bonds. The number of hydrogen-bond acceptors (Lipinski definition) is 2. The first-order valence-corrected chi connectivity index (χ1v) is 5.75. The third-order valence-electron chi connectivity index (χ3n) is 3.93. The van der Waals surface area contributed by atoms with Crippen LogP contribution in [0.4, 0.5) is 0 Å². The third-order valence-corrected chi connectivity index (χ3v) is 3.93. The molecule has 2 atom stereocenters. The van der Waals surface area contributed by atoms with Crippen molar-refractivity contribution in [1.82, 2.24) is 10.2 Å². The van der Waals surface area contributed by atoms with Crippen molar-refractivity contribution in [3.05, 3.63) is 0 Å². The van der Waals surface area contributed by atoms with Crippen LogP contribution in [-0.4, -0.2) is 36.1 Å². The van der Waals surface area contributed by atoms with Gasteiger partial charge in [-0.1, -0.05) is 6.92 Å². The van der Waals surface area contributed by atoms with Gasteiger partial charge in [-0.15, -0.1) is 0 Å². The fourth-order valence-electron chi connectivity index (χ4n) is 2.76. The standard InChI is InChI=1S/C11H22N2/c1-3-10(2)13-8-6-11(9-13)5-4-7-12-11/h10,12H,3-9H2,1-2H3. The Morgan fingerprint density at radius 1 is 1.46 bits per heavy atom. The number of hydrogen-bond donors (Lipinski definition) is 1. The second-order valence-corrected chi connectivity index (χ2v) is 4.79. The number of nitrogens with one attached hydrogen (secondary N) is 1. The maximum atomic E-state index is 3.70. The summed E-state index contributed by atoms with van der Waals surface area (Å²) in [6.07, 6.45) is 5.45. The van der Waals surface area contributed by atoms with E-state index in [4.69, 9.17) is 0 Å². The van der Waals surface area contributed by atoms with E-state index in [1.807, 2.05) is 0 Å². The Kier molecular flexibility index (Phi) is 2.61. The largest absolute Gasteiger partial charge is 0.310 e. The molecule has 13 heavy (non-hydrogen) atoms. The zero-order chi connectivity index (χ0) is 9.31. The summed E-state index contributed by atoms with van der Waals surface area (Å²) in [6.45, 7) is 8.49. The Hall–Kier alpha value is -0.0800. The quantitative estimate of drug-likeness (QED) is 0.698. The van der Waals surface area contributed by atoms with E-state index in [9.17, 15) is 0 Å². The van der Waals surface area contributed by atoms with E-state index >= 15 is 0 Å². The van der Waals surface area contributed by atoms with Gasteiger partial charge in [0.25, 0.3) is 0 Å². The van der Waals surface area contributed by atoms with Crippen molar-refractivity contribution in [2.45, 2.75) is 51.1 Å². The Labute approximate surface area is 81.7 Å². The van der Waals surface area contributed by atoms with Gasteiger partial charge in [-0.05, 0) is 39.2 Å². The van der Waals surface area contributed by atoms with Gasteiger partial charge < -0.3 is 5.32 Å². The van der Waals surface area contributed by atoms with Crippen LogP contribution in [0.25, 0.3) is 0 Å². The van der Waals surface area contributed by atoms with Gasteiger partial charge in [-0.3, -0.25) is 4.90 Å². The molecular formula is C11H22N2. The van der Waals surface area contributed by atoms with Gasteiger partial charge >= 0.3 is 0 Å². The molecule has 1 spiro atoms. The second kappa shape index (κ2) is 3.58. The van der Waals surface area contributed by atoms with Crippen LogP contribution in [0.5, 0.6) is 0 Å². The fraction of sp³-hybridized carbons (Fsp3) is 1.00. The maximum Gasteiger partial charge on any atom is 0.0321 e. The molecule has 2 aliphatic rings. The highest BCUT2D eigenvalue weighted by atomic mass is 15.2. The molecule has 0 radical (unpaired) electrons. The van der Waals surface area contributed by atoms with Crippen LogP contribution in [0.15, 0.2) is 0 Å². The Morgan fingerprint density at radius 2 is 2.31 bits per heavy atom. The summed E-state index contributed by atoms with van der Waals surface area (Å²) < 4.78 is 0. The van der Waals surface area contributed by atoms with Gasteiger partial charge in [-0.25, -0.2) is 0 Å². The molecule has 2 saturated heterocycles. The minimum Gasteiger partial charge on any atom is -0.310 e. The van der Waals surface area contributed by atoms with Crippen molar-refractivity contribution in [3.63, 3.8) is 0 Å². The molecule has 2 unspecified atom stereocenters. The van der Waals surface area contributed by atoms with E-state index in [1.54, 1.807) is 0 Å². The van der Waals surface area contributed by atoms with Crippen molar-refractivity contribution in [1.29, 1.82) is 0 Å². The van der Waals surface area contributed by atoms with Crippen LogP contribution < -0.4 is 5.32 Å². The van der Waals surface area contributed by atoms with Crippen molar-refractivity contribution < 1.29 is 0 Å². The van der Waals surface area contributed by atoms with Gasteiger partial charge in [0.05, 0.1) is 0 Å². The first-order chi connectivity index (χ1) is 6.26. The summed E-state index contributed by atoms with van der Waals surface area (Å²) in [7, 11) is 0. The lowest BCUT2D eigenvalue weighted by Crippen LogP contribution is -2.43. The van der Waals surface area contributed by atoms with E-state index in [0.29, 0.717) is 5.54 Å². The van der Waals surface area contributed by atoms with Gasteiger partial charge in [0.15, 0.2) is 0 Å². The summed E-state index contributed by atoms with van der Waals surface area (Å²) in [4.78, 5) is 2.65. The van der Waals surface area contributed by atoms with E-state index in [-0.39, 0.29) is 0 Å². The molecule has 2 heteroatoms. The van der Waals surface area contributed by atoms with Crippen molar-refractivity contribution in [3.8, 4) is 0 Å². The van der Waals surface area contributed by atoms with Crippen molar-refractivity contribution >= 4 is 0 Å². The minimum absolute atomic E-state index is 0.517. The summed E-state index contributed by atoms with van der Waals surface area (Å²) >= 11 is 0. The second-order valence-electron chi connectivity index (χ2n) is 4.79. The highest BCUT2D eigenvalue weighted by molar-refractivity contribution is 5.01. The van der Waals surface area contributed by atoms with E-state index in [2.05, 4.69) is 24.1 Å². The van der Waals surface area contributed by atoms with E-state index < -0.39 is 0 Å². The minimum atomic E-state index is 0.517. The number of nitrogens with zero attached hydrogens (tertiary/aromatic N) is 1. The summed E-state index contributed by atoms with van der Waals surface area (Å²) in [5, 5.41) is 3.70. The zero-order valence-corrected chi connectivity index (χ0v) is 8.97. The predicted octanol–water partition coefficient (Wildman–Crippen LogP) is 1.61. The SMILES string of the molecule is CCC(C)N1CCC2(CCCN2)C1. The molecule has 76 valence electrons. The molecule has 0 bridgehead atoms. The average molecular weight is 182 g/mol. The molecule has 1 N–H and O–H groups in total. The Morgan fingerprint density at radius 3 is 2.92 bits per heavy atom. The normalized spacial score (nSPS) is 37.4. The highest BCUT2D eigenvalue weighted by Crippen LogP contribution is 2.31. The van der Waals surface area contributed by atoms with Crippen LogP contribution in [0.2, 0.25) is 0 Å². The first-order valence-electron chi connectivity index (χ1n) is 5.75. The molecule has 2 fully saturated rings. The Bertz CT molecular complexity index is 173. The average Bonchev–Trinajstić information content (AvgIpc) is 2.76. The van der Waals surface area contributed by atoms with Crippen LogP contribution in [-0.2, 0) is 0 Å². The van der Waals surface area contributed by atoms with Crippen LogP contribution >= 0.6 is 0 Å². The monoisotopic (exact) mass is 182 g/mol. The van der Waals surface area contributed by atoms with E-state index in [0.717, 1.165) is 6.04 Å². The number of likely N-dealkylation sites (tertiary alicyclic amines) is 1. The van der Waals surface area contributed by atoms with Gasteiger partial charge in [0.1, 0.15) is 0 Å². The van der Waals surface area contributed by atoms with Crippen molar-refractivity contribution in [2.75, 3.05) is 19.6 Å². The summed E-state index contributed by atoms with van der Waals surface area (Å²) in [5.74, 6) is 0. The summed E-state index contributed by atoms with van der Waals surface area (Å²) in [5.41, 5.74) is 0.517. The van der Waals surface area contributed by atoms with Gasteiger partial charge in [0, 0.05) is 24.7 Å². The molecule has 2 aliphatic heterocycles. The molecular weight excluding hydrogens is 160 g/mol. The highest BCUT2D eigenvalue weighted by Gasteiger charge is 2.40. The van der Waals surface area contributed by atoms with Gasteiger partial charge in [0.2, 0.25) is 0 Å². The fourth-order valence-corrected chi connectivity index (χ4v) is 2.76. The molecule has 2 nitrogen and oxygen atoms in total.